The zero-order valence-electron chi connectivity index (χ0n) is 7.81. The molecule has 0 amide bonds. The van der Waals surface area contributed by atoms with Gasteiger partial charge in [-0.15, -0.1) is 0 Å². The van der Waals surface area contributed by atoms with Gasteiger partial charge in [0.15, 0.2) is 0 Å². The predicted octanol–water partition coefficient (Wildman–Crippen LogP) is 1.97. The summed E-state index contributed by atoms with van der Waals surface area (Å²) < 4.78 is 0. The second kappa shape index (κ2) is 5.03. The monoisotopic (exact) mass is 232 g/mol. The van der Waals surface area contributed by atoms with Crippen LogP contribution in [-0.4, -0.2) is 22.1 Å². The third-order valence-corrected chi connectivity index (χ3v) is 2.73. The van der Waals surface area contributed by atoms with Crippen molar-refractivity contribution < 1.29 is 10.2 Å². The molecule has 0 saturated carbocycles. The predicted molar refractivity (Wildman–Crippen MR) is 61.0 cm³/mol. The van der Waals surface area contributed by atoms with Gasteiger partial charge in [0.1, 0.15) is 6.10 Å². The highest BCUT2D eigenvalue weighted by atomic mass is 35.5. The average Bonchev–Trinajstić information content (AvgIpc) is 2.15. The third-order valence-electron chi connectivity index (χ3n) is 2.03. The Kier molecular flexibility index (Phi) is 4.26. The van der Waals surface area contributed by atoms with Gasteiger partial charge < -0.3 is 10.2 Å². The van der Waals surface area contributed by atoms with Crippen LogP contribution in [-0.2, 0) is 0 Å². The van der Waals surface area contributed by atoms with Crippen LogP contribution in [0.4, 0.5) is 0 Å². The quantitative estimate of drug-likeness (QED) is 0.698. The number of hydrogen-bond acceptors (Lipinski definition) is 3. The number of aryl methyl sites for hydroxylation is 1. The maximum atomic E-state index is 9.68. The summed E-state index contributed by atoms with van der Waals surface area (Å²) in [7, 11) is 0. The van der Waals surface area contributed by atoms with Crippen LogP contribution in [0.3, 0.4) is 0 Å². The molecular formula is C10H13ClO2S. The van der Waals surface area contributed by atoms with Crippen molar-refractivity contribution >= 4 is 24.2 Å². The molecular weight excluding hydrogens is 220 g/mol. The molecule has 0 aromatic heterocycles. The number of aliphatic hydroxyl groups excluding tert-OH is 2. The average molecular weight is 233 g/mol. The van der Waals surface area contributed by atoms with Crippen LogP contribution in [0.2, 0.25) is 5.02 Å². The zero-order valence-corrected chi connectivity index (χ0v) is 9.46. The minimum absolute atomic E-state index is 0.200. The minimum Gasteiger partial charge on any atom is -0.389 e. The van der Waals surface area contributed by atoms with E-state index in [-0.39, 0.29) is 5.75 Å². The summed E-state index contributed by atoms with van der Waals surface area (Å²) in [6.07, 6.45) is -1.86. The van der Waals surface area contributed by atoms with E-state index in [1.54, 1.807) is 12.1 Å². The first kappa shape index (κ1) is 11.9. The third kappa shape index (κ3) is 2.64. The molecule has 1 rings (SSSR count). The van der Waals surface area contributed by atoms with Gasteiger partial charge in [0, 0.05) is 16.3 Å². The Hall–Kier alpha value is -0.220. The van der Waals surface area contributed by atoms with Gasteiger partial charge in [0.2, 0.25) is 0 Å². The molecule has 2 nitrogen and oxygen atoms in total. The number of hydrogen-bond donors (Lipinski definition) is 3. The fourth-order valence-corrected chi connectivity index (χ4v) is 1.73. The van der Waals surface area contributed by atoms with Crippen molar-refractivity contribution in [3.8, 4) is 0 Å². The molecule has 2 N–H and O–H groups in total. The van der Waals surface area contributed by atoms with Crippen LogP contribution in [0.5, 0.6) is 0 Å². The van der Waals surface area contributed by atoms with E-state index in [0.717, 1.165) is 5.56 Å². The maximum Gasteiger partial charge on any atom is 0.107 e. The van der Waals surface area contributed by atoms with Crippen molar-refractivity contribution in [2.45, 2.75) is 19.1 Å². The summed E-state index contributed by atoms with van der Waals surface area (Å²) in [4.78, 5) is 0. The van der Waals surface area contributed by atoms with Gasteiger partial charge in [0.25, 0.3) is 0 Å². The first-order valence-corrected chi connectivity index (χ1v) is 5.30. The molecule has 0 radical (unpaired) electrons. The van der Waals surface area contributed by atoms with Crippen LogP contribution < -0.4 is 0 Å². The molecule has 14 heavy (non-hydrogen) atoms. The van der Waals surface area contributed by atoms with Crippen molar-refractivity contribution in [1.82, 2.24) is 0 Å². The largest absolute Gasteiger partial charge is 0.389 e. The van der Waals surface area contributed by atoms with Crippen molar-refractivity contribution in [2.75, 3.05) is 5.75 Å². The van der Waals surface area contributed by atoms with E-state index in [4.69, 9.17) is 11.6 Å². The van der Waals surface area contributed by atoms with Crippen molar-refractivity contribution in [3.63, 3.8) is 0 Å². The highest BCUT2D eigenvalue weighted by molar-refractivity contribution is 7.80. The molecule has 0 fully saturated rings. The SMILES string of the molecule is Cc1ccc(C(O)C(O)CS)c(Cl)c1. The van der Waals surface area contributed by atoms with E-state index >= 15 is 0 Å². The van der Waals surface area contributed by atoms with Gasteiger partial charge in [-0.2, -0.15) is 12.6 Å². The Labute approximate surface area is 93.9 Å². The first-order chi connectivity index (χ1) is 6.56. The molecule has 0 aliphatic carbocycles. The highest BCUT2D eigenvalue weighted by Crippen LogP contribution is 2.26. The molecule has 4 heteroatoms. The molecule has 0 spiro atoms. The number of benzene rings is 1. The van der Waals surface area contributed by atoms with Crippen molar-refractivity contribution in [1.29, 1.82) is 0 Å². The number of thiol groups is 1. The Morgan fingerprint density at radius 2 is 2.07 bits per heavy atom. The first-order valence-electron chi connectivity index (χ1n) is 4.29. The molecule has 0 saturated heterocycles. The van der Waals surface area contributed by atoms with E-state index in [9.17, 15) is 10.2 Å². The topological polar surface area (TPSA) is 40.5 Å². The van der Waals surface area contributed by atoms with Crippen LogP contribution in [0.15, 0.2) is 18.2 Å². The number of aliphatic hydroxyl groups is 2. The summed E-state index contributed by atoms with van der Waals surface area (Å²) in [5.74, 6) is 0.200. The summed E-state index contributed by atoms with van der Waals surface area (Å²) in [6, 6.07) is 5.32. The lowest BCUT2D eigenvalue weighted by Gasteiger charge is -2.17. The lowest BCUT2D eigenvalue weighted by molar-refractivity contribution is 0.0338. The minimum atomic E-state index is -0.972. The van der Waals surface area contributed by atoms with Crippen molar-refractivity contribution in [2.24, 2.45) is 0 Å². The van der Waals surface area contributed by atoms with Gasteiger partial charge in [-0.05, 0) is 18.6 Å². The van der Waals surface area contributed by atoms with Gasteiger partial charge >= 0.3 is 0 Å². The molecule has 0 aliphatic heterocycles. The summed E-state index contributed by atoms with van der Waals surface area (Å²) in [6.45, 7) is 1.91. The zero-order chi connectivity index (χ0) is 10.7. The normalized spacial score (nSPS) is 15.2. The van der Waals surface area contributed by atoms with Crippen LogP contribution >= 0.6 is 24.2 Å². The number of rotatable bonds is 3. The van der Waals surface area contributed by atoms with Crippen LogP contribution in [0.25, 0.3) is 0 Å². The fourth-order valence-electron chi connectivity index (χ4n) is 1.18. The molecule has 2 unspecified atom stereocenters. The molecule has 1 aromatic rings. The second-order valence-electron chi connectivity index (χ2n) is 3.22. The Bertz CT molecular complexity index is 317. The molecule has 0 bridgehead atoms. The fraction of sp³-hybridized carbons (Fsp3) is 0.400. The molecule has 1 aromatic carbocycles. The highest BCUT2D eigenvalue weighted by Gasteiger charge is 2.19. The Morgan fingerprint density at radius 3 is 2.57 bits per heavy atom. The lowest BCUT2D eigenvalue weighted by atomic mass is 10.0. The van der Waals surface area contributed by atoms with Crippen LogP contribution in [0.1, 0.15) is 17.2 Å². The molecule has 78 valence electrons. The van der Waals surface area contributed by atoms with Crippen molar-refractivity contribution in [3.05, 3.63) is 34.3 Å². The molecule has 0 heterocycles. The van der Waals surface area contributed by atoms with E-state index in [1.807, 2.05) is 13.0 Å². The summed E-state index contributed by atoms with van der Waals surface area (Å²) >= 11 is 9.84. The smallest absolute Gasteiger partial charge is 0.107 e. The van der Waals surface area contributed by atoms with Gasteiger partial charge in [-0.1, -0.05) is 23.7 Å². The Morgan fingerprint density at radius 1 is 1.43 bits per heavy atom. The Balaban J connectivity index is 2.95. The summed E-state index contributed by atoms with van der Waals surface area (Å²) in [5.41, 5.74) is 1.56. The number of halogens is 1. The molecule has 2 atom stereocenters. The lowest BCUT2D eigenvalue weighted by Crippen LogP contribution is -2.20. The molecule has 0 aliphatic rings. The van der Waals surface area contributed by atoms with Crippen LogP contribution in [0, 0.1) is 6.92 Å². The van der Waals surface area contributed by atoms with E-state index in [2.05, 4.69) is 12.6 Å². The maximum absolute atomic E-state index is 9.68. The van der Waals surface area contributed by atoms with Gasteiger partial charge in [-0.25, -0.2) is 0 Å². The van der Waals surface area contributed by atoms with E-state index < -0.39 is 12.2 Å². The standard InChI is InChI=1S/C10H13ClO2S/c1-6-2-3-7(8(11)4-6)10(13)9(12)5-14/h2-4,9-10,12-14H,5H2,1H3. The van der Waals surface area contributed by atoms with Gasteiger partial charge in [-0.3, -0.25) is 0 Å². The van der Waals surface area contributed by atoms with E-state index in [0.29, 0.717) is 10.6 Å². The van der Waals surface area contributed by atoms with Gasteiger partial charge in [0.05, 0.1) is 6.10 Å². The summed E-state index contributed by atoms with van der Waals surface area (Å²) in [5, 5.41) is 19.5. The van der Waals surface area contributed by atoms with E-state index in [1.165, 1.54) is 0 Å². The second-order valence-corrected chi connectivity index (χ2v) is 3.99.